The maximum atomic E-state index is 12.4. The first-order chi connectivity index (χ1) is 11.2. The molecule has 0 heterocycles. The van der Waals surface area contributed by atoms with Crippen molar-refractivity contribution in [1.82, 2.24) is 5.32 Å². The molecule has 0 aliphatic rings. The van der Waals surface area contributed by atoms with E-state index < -0.39 is 6.04 Å². The van der Waals surface area contributed by atoms with Gasteiger partial charge in [0.05, 0.1) is 0 Å². The minimum absolute atomic E-state index is 0.296. The van der Waals surface area contributed by atoms with Gasteiger partial charge >= 0.3 is 0 Å². The number of rotatable bonds is 6. The van der Waals surface area contributed by atoms with Gasteiger partial charge in [-0.15, -0.1) is 0 Å². The Morgan fingerprint density at radius 2 is 1.61 bits per heavy atom. The van der Waals surface area contributed by atoms with E-state index in [9.17, 15) is 9.59 Å². The van der Waals surface area contributed by atoms with Gasteiger partial charge in [-0.05, 0) is 30.7 Å². The zero-order valence-corrected chi connectivity index (χ0v) is 13.2. The Morgan fingerprint density at radius 3 is 2.22 bits per heavy atom. The average molecular weight is 329 g/mol. The van der Waals surface area contributed by atoms with Gasteiger partial charge in [-0.25, -0.2) is 0 Å². The van der Waals surface area contributed by atoms with Gasteiger partial charge in [-0.2, -0.15) is 0 Å². The van der Waals surface area contributed by atoms with E-state index in [0.29, 0.717) is 17.7 Å². The molecule has 0 spiro atoms. The molecule has 0 saturated carbocycles. The molecule has 0 aromatic heterocycles. The second kappa shape index (κ2) is 8.76. The van der Waals surface area contributed by atoms with Crippen LogP contribution in [0.25, 0.3) is 0 Å². The first kappa shape index (κ1) is 16.8. The van der Waals surface area contributed by atoms with Crippen LogP contribution < -0.4 is 10.6 Å². The lowest BCUT2D eigenvalue weighted by molar-refractivity contribution is -0.117. The molecule has 4 nitrogen and oxygen atoms in total. The van der Waals surface area contributed by atoms with E-state index in [4.69, 9.17) is 11.6 Å². The van der Waals surface area contributed by atoms with E-state index in [0.717, 1.165) is 0 Å². The summed E-state index contributed by atoms with van der Waals surface area (Å²) in [6, 6.07) is 17.1. The van der Waals surface area contributed by atoms with E-state index in [1.165, 1.54) is 5.54 Å². The molecule has 2 aromatic rings. The standard InChI is InChI=1S/C18H17ClN2O2/c19-13-7-12-16(18(23)20-15-10-5-2-6-11-15)21-17(22)14-8-3-1-4-9-14/h1-11,13,16H,12H2,(H,20,23)(H,21,22)/b13-7+/t16-/m1/s1. The van der Waals surface area contributed by atoms with Crippen LogP contribution in [0.5, 0.6) is 0 Å². The van der Waals surface area contributed by atoms with Gasteiger partial charge in [-0.3, -0.25) is 9.59 Å². The Hall–Kier alpha value is -2.59. The molecule has 2 aromatic carbocycles. The van der Waals surface area contributed by atoms with Gasteiger partial charge in [0, 0.05) is 16.8 Å². The number of nitrogens with one attached hydrogen (secondary N) is 2. The normalized spacial score (nSPS) is 11.9. The first-order valence-electron chi connectivity index (χ1n) is 7.18. The van der Waals surface area contributed by atoms with E-state index in [-0.39, 0.29) is 11.8 Å². The van der Waals surface area contributed by atoms with Crippen LogP contribution in [-0.4, -0.2) is 17.9 Å². The Balaban J connectivity index is 2.07. The zero-order valence-electron chi connectivity index (χ0n) is 12.4. The minimum atomic E-state index is -0.710. The second-order valence-corrected chi connectivity index (χ2v) is 5.10. The number of anilines is 1. The van der Waals surface area contributed by atoms with Crippen molar-refractivity contribution in [1.29, 1.82) is 0 Å². The van der Waals surface area contributed by atoms with Crippen molar-refractivity contribution in [3.05, 3.63) is 77.8 Å². The lowest BCUT2D eigenvalue weighted by Gasteiger charge is -2.17. The van der Waals surface area contributed by atoms with Crippen LogP contribution in [0.3, 0.4) is 0 Å². The van der Waals surface area contributed by atoms with Gasteiger partial charge in [0.1, 0.15) is 6.04 Å². The summed E-state index contributed by atoms with van der Waals surface area (Å²) in [5.41, 5.74) is 2.50. The Bertz CT molecular complexity index is 672. The molecule has 0 aliphatic heterocycles. The van der Waals surface area contributed by atoms with Crippen LogP contribution in [0.1, 0.15) is 16.8 Å². The number of halogens is 1. The largest absolute Gasteiger partial charge is 0.340 e. The summed E-state index contributed by atoms with van der Waals surface area (Å²) in [5, 5.41) is 5.50. The summed E-state index contributed by atoms with van der Waals surface area (Å²) in [7, 11) is 0. The van der Waals surface area contributed by atoms with Crippen LogP contribution in [0.15, 0.2) is 72.3 Å². The molecule has 2 N–H and O–H groups in total. The van der Waals surface area contributed by atoms with Gasteiger partial charge < -0.3 is 10.6 Å². The van der Waals surface area contributed by atoms with Crippen LogP contribution in [0, 0.1) is 0 Å². The number of carbonyl (C=O) groups is 2. The number of para-hydroxylation sites is 1. The molecular weight excluding hydrogens is 312 g/mol. The highest BCUT2D eigenvalue weighted by Gasteiger charge is 2.20. The first-order valence-corrected chi connectivity index (χ1v) is 7.61. The summed E-state index contributed by atoms with van der Waals surface area (Å²) < 4.78 is 0. The quantitative estimate of drug-likeness (QED) is 0.851. The van der Waals surface area contributed by atoms with Crippen molar-refractivity contribution in [3.63, 3.8) is 0 Å². The number of benzene rings is 2. The van der Waals surface area contributed by atoms with Crippen molar-refractivity contribution in [2.75, 3.05) is 5.32 Å². The molecule has 0 aliphatic carbocycles. The molecule has 2 amide bonds. The Kier molecular flexibility index (Phi) is 6.39. The Labute approximate surface area is 140 Å². The molecule has 0 radical (unpaired) electrons. The third kappa shape index (κ3) is 5.27. The number of hydrogen-bond donors (Lipinski definition) is 2. The lowest BCUT2D eigenvalue weighted by Crippen LogP contribution is -2.43. The number of amides is 2. The topological polar surface area (TPSA) is 58.2 Å². The predicted octanol–water partition coefficient (Wildman–Crippen LogP) is 3.57. The van der Waals surface area contributed by atoms with Crippen molar-refractivity contribution in [2.45, 2.75) is 12.5 Å². The fourth-order valence-corrected chi connectivity index (χ4v) is 2.10. The van der Waals surface area contributed by atoms with Gasteiger partial charge in [0.25, 0.3) is 5.91 Å². The van der Waals surface area contributed by atoms with Crippen LogP contribution in [-0.2, 0) is 4.79 Å². The second-order valence-electron chi connectivity index (χ2n) is 4.84. The van der Waals surface area contributed by atoms with Crippen molar-refractivity contribution >= 4 is 29.1 Å². The summed E-state index contributed by atoms with van der Waals surface area (Å²) >= 11 is 5.54. The maximum Gasteiger partial charge on any atom is 0.251 e. The monoisotopic (exact) mass is 328 g/mol. The van der Waals surface area contributed by atoms with E-state index in [2.05, 4.69) is 10.6 Å². The van der Waals surface area contributed by atoms with Crippen molar-refractivity contribution in [2.24, 2.45) is 0 Å². The molecule has 0 unspecified atom stereocenters. The molecule has 0 bridgehead atoms. The molecule has 23 heavy (non-hydrogen) atoms. The van der Waals surface area contributed by atoms with Gasteiger partial charge in [0.2, 0.25) is 5.91 Å². The average Bonchev–Trinajstić information content (AvgIpc) is 2.60. The molecule has 5 heteroatoms. The third-order valence-corrected chi connectivity index (χ3v) is 3.34. The van der Waals surface area contributed by atoms with E-state index in [1.54, 1.807) is 42.5 Å². The summed E-state index contributed by atoms with van der Waals surface area (Å²) in [6.07, 6.45) is 1.93. The SMILES string of the molecule is O=C(N[C@H](C/C=C/Cl)C(=O)Nc1ccccc1)c1ccccc1. The fourth-order valence-electron chi connectivity index (χ4n) is 2.00. The lowest BCUT2D eigenvalue weighted by atomic mass is 10.1. The molecular formula is C18H17ClN2O2. The van der Waals surface area contributed by atoms with Crippen molar-refractivity contribution < 1.29 is 9.59 Å². The number of carbonyl (C=O) groups excluding carboxylic acids is 2. The van der Waals surface area contributed by atoms with Crippen LogP contribution in [0.2, 0.25) is 0 Å². The smallest absolute Gasteiger partial charge is 0.251 e. The maximum absolute atomic E-state index is 12.4. The predicted molar refractivity (Wildman–Crippen MR) is 92.4 cm³/mol. The highest BCUT2D eigenvalue weighted by atomic mass is 35.5. The van der Waals surface area contributed by atoms with Crippen LogP contribution >= 0.6 is 11.6 Å². The molecule has 1 atom stereocenters. The van der Waals surface area contributed by atoms with Gasteiger partial charge in [0.15, 0.2) is 0 Å². The third-order valence-electron chi connectivity index (χ3n) is 3.16. The summed E-state index contributed by atoms with van der Waals surface area (Å²) in [6.45, 7) is 0. The molecule has 0 saturated heterocycles. The Morgan fingerprint density at radius 1 is 1.00 bits per heavy atom. The highest BCUT2D eigenvalue weighted by Crippen LogP contribution is 2.08. The fraction of sp³-hybridized carbons (Fsp3) is 0.111. The zero-order chi connectivity index (χ0) is 16.5. The molecule has 2 rings (SSSR count). The van der Waals surface area contributed by atoms with E-state index in [1.807, 2.05) is 24.3 Å². The molecule has 118 valence electrons. The summed E-state index contributed by atoms with van der Waals surface area (Å²) in [4.78, 5) is 24.6. The summed E-state index contributed by atoms with van der Waals surface area (Å²) in [5.74, 6) is -0.600. The van der Waals surface area contributed by atoms with Crippen molar-refractivity contribution in [3.8, 4) is 0 Å². The van der Waals surface area contributed by atoms with Gasteiger partial charge in [-0.1, -0.05) is 54.1 Å². The van der Waals surface area contributed by atoms with E-state index >= 15 is 0 Å². The van der Waals surface area contributed by atoms with Crippen LogP contribution in [0.4, 0.5) is 5.69 Å². The minimum Gasteiger partial charge on any atom is -0.340 e. The molecule has 0 fully saturated rings. The number of hydrogen-bond acceptors (Lipinski definition) is 2. The highest BCUT2D eigenvalue weighted by molar-refractivity contribution is 6.25.